The monoisotopic (exact) mass is 265 g/mol. The van der Waals surface area contributed by atoms with E-state index < -0.39 is 0 Å². The topological polar surface area (TPSA) is 12.0 Å². The third kappa shape index (κ3) is 3.63. The number of hydrogen-bond acceptors (Lipinski definition) is 1. The van der Waals surface area contributed by atoms with Crippen molar-refractivity contribution in [2.24, 2.45) is 0 Å². The molecule has 1 N–H and O–H groups in total. The minimum absolute atomic E-state index is 0.169. The highest BCUT2D eigenvalue weighted by Gasteiger charge is 2.13. The van der Waals surface area contributed by atoms with Crippen LogP contribution in [0.2, 0.25) is 0 Å². The predicted octanol–water partition coefficient (Wildman–Crippen LogP) is 4.42. The molecule has 0 amide bonds. The standard InChI is InChI=1S/C16H21F2N/c1-11-9-16(18)14(10-15(11)17)12(2)19-8-7-13-5-3-4-6-13/h5,9-10,12,19H,3-4,6-8H2,1-2H3. The van der Waals surface area contributed by atoms with Gasteiger partial charge in [0.2, 0.25) is 0 Å². The lowest BCUT2D eigenvalue weighted by molar-refractivity contribution is 0.517. The fourth-order valence-electron chi connectivity index (χ4n) is 2.52. The van der Waals surface area contributed by atoms with Gasteiger partial charge in [0.15, 0.2) is 0 Å². The Kier molecular flexibility index (Phi) is 4.70. The highest BCUT2D eigenvalue weighted by atomic mass is 19.1. The molecule has 0 saturated heterocycles. The molecule has 0 bridgehead atoms. The van der Waals surface area contributed by atoms with E-state index in [4.69, 9.17) is 0 Å². The van der Waals surface area contributed by atoms with Crippen LogP contribution >= 0.6 is 0 Å². The van der Waals surface area contributed by atoms with Crippen LogP contribution in [0.1, 0.15) is 49.8 Å². The normalized spacial score (nSPS) is 16.5. The van der Waals surface area contributed by atoms with Crippen LogP contribution in [0.15, 0.2) is 23.8 Å². The first-order valence-electron chi connectivity index (χ1n) is 6.94. The van der Waals surface area contributed by atoms with Gasteiger partial charge in [-0.1, -0.05) is 11.6 Å². The van der Waals surface area contributed by atoms with Gasteiger partial charge < -0.3 is 5.32 Å². The van der Waals surface area contributed by atoms with Crippen molar-refractivity contribution < 1.29 is 8.78 Å². The van der Waals surface area contributed by atoms with Gasteiger partial charge >= 0.3 is 0 Å². The lowest BCUT2D eigenvalue weighted by Crippen LogP contribution is -2.21. The van der Waals surface area contributed by atoms with Gasteiger partial charge in [-0.05, 0) is 63.8 Å². The van der Waals surface area contributed by atoms with Crippen molar-refractivity contribution in [2.45, 2.75) is 45.6 Å². The van der Waals surface area contributed by atoms with E-state index in [-0.39, 0.29) is 17.7 Å². The molecular formula is C16H21F2N. The number of aryl methyl sites for hydroxylation is 1. The minimum atomic E-state index is -0.344. The van der Waals surface area contributed by atoms with Crippen LogP contribution in [0, 0.1) is 18.6 Å². The molecule has 1 aliphatic rings. The number of allylic oxidation sites excluding steroid dienone is 1. The average Bonchev–Trinajstić information content (AvgIpc) is 2.86. The molecule has 19 heavy (non-hydrogen) atoms. The van der Waals surface area contributed by atoms with Crippen molar-refractivity contribution >= 4 is 0 Å². The first kappa shape index (κ1) is 14.2. The molecular weight excluding hydrogens is 244 g/mol. The summed E-state index contributed by atoms with van der Waals surface area (Å²) in [5.74, 6) is -0.678. The molecule has 1 unspecified atom stereocenters. The lowest BCUT2D eigenvalue weighted by Gasteiger charge is -2.16. The van der Waals surface area contributed by atoms with Crippen molar-refractivity contribution in [3.8, 4) is 0 Å². The molecule has 0 aromatic heterocycles. The highest BCUT2D eigenvalue weighted by Crippen LogP contribution is 2.22. The van der Waals surface area contributed by atoms with Crippen LogP contribution in [0.4, 0.5) is 8.78 Å². The van der Waals surface area contributed by atoms with Gasteiger partial charge in [0.1, 0.15) is 11.6 Å². The quantitative estimate of drug-likeness (QED) is 0.777. The van der Waals surface area contributed by atoms with E-state index in [1.807, 2.05) is 6.92 Å². The molecule has 104 valence electrons. The Morgan fingerprint density at radius 1 is 1.26 bits per heavy atom. The molecule has 1 atom stereocenters. The summed E-state index contributed by atoms with van der Waals surface area (Å²) in [5.41, 5.74) is 2.24. The average molecular weight is 265 g/mol. The zero-order valence-corrected chi connectivity index (χ0v) is 11.6. The number of benzene rings is 1. The van der Waals surface area contributed by atoms with Crippen LogP contribution in [0.5, 0.6) is 0 Å². The SMILES string of the molecule is Cc1cc(F)c(C(C)NCCC2=CCCC2)cc1F. The largest absolute Gasteiger partial charge is 0.310 e. The van der Waals surface area contributed by atoms with Crippen LogP contribution in [-0.2, 0) is 0 Å². The second-order valence-corrected chi connectivity index (χ2v) is 5.30. The van der Waals surface area contributed by atoms with Crippen molar-refractivity contribution in [3.05, 3.63) is 46.5 Å². The first-order chi connectivity index (χ1) is 9.08. The molecule has 1 aromatic rings. The second kappa shape index (κ2) is 6.29. The Balaban J connectivity index is 1.92. The van der Waals surface area contributed by atoms with Crippen LogP contribution < -0.4 is 5.32 Å². The van der Waals surface area contributed by atoms with Gasteiger partial charge in [-0.25, -0.2) is 8.78 Å². The molecule has 0 heterocycles. The second-order valence-electron chi connectivity index (χ2n) is 5.30. The maximum Gasteiger partial charge on any atom is 0.128 e. The number of halogens is 2. The first-order valence-corrected chi connectivity index (χ1v) is 6.94. The maximum atomic E-state index is 13.8. The van der Waals surface area contributed by atoms with Crippen molar-refractivity contribution in [1.82, 2.24) is 5.32 Å². The van der Waals surface area contributed by atoms with E-state index >= 15 is 0 Å². The molecule has 0 fully saturated rings. The molecule has 2 rings (SSSR count). The summed E-state index contributed by atoms with van der Waals surface area (Å²) in [4.78, 5) is 0. The third-order valence-corrected chi connectivity index (χ3v) is 3.78. The molecule has 0 spiro atoms. The number of nitrogens with one attached hydrogen (secondary N) is 1. The van der Waals surface area contributed by atoms with Gasteiger partial charge in [-0.15, -0.1) is 0 Å². The molecule has 3 heteroatoms. The van der Waals surface area contributed by atoms with Gasteiger partial charge in [-0.2, -0.15) is 0 Å². The van der Waals surface area contributed by atoms with E-state index in [2.05, 4.69) is 11.4 Å². The summed E-state index contributed by atoms with van der Waals surface area (Å²) >= 11 is 0. The molecule has 1 aliphatic carbocycles. The smallest absolute Gasteiger partial charge is 0.128 e. The summed E-state index contributed by atoms with van der Waals surface area (Å²) < 4.78 is 27.3. The van der Waals surface area contributed by atoms with Gasteiger partial charge in [0, 0.05) is 11.6 Å². The summed E-state index contributed by atoms with van der Waals surface area (Å²) in [7, 11) is 0. The third-order valence-electron chi connectivity index (χ3n) is 3.78. The van der Waals surface area contributed by atoms with Crippen LogP contribution in [-0.4, -0.2) is 6.54 Å². The highest BCUT2D eigenvalue weighted by molar-refractivity contribution is 5.27. The van der Waals surface area contributed by atoms with Crippen LogP contribution in [0.3, 0.4) is 0 Å². The van der Waals surface area contributed by atoms with Crippen molar-refractivity contribution in [2.75, 3.05) is 6.54 Å². The van der Waals surface area contributed by atoms with E-state index in [1.165, 1.54) is 37.0 Å². The number of hydrogen-bond donors (Lipinski definition) is 1. The van der Waals surface area contributed by atoms with Crippen LogP contribution in [0.25, 0.3) is 0 Å². The molecule has 1 aromatic carbocycles. The Morgan fingerprint density at radius 3 is 2.74 bits per heavy atom. The summed E-state index contributed by atoms with van der Waals surface area (Å²) in [6.07, 6.45) is 6.91. The van der Waals surface area contributed by atoms with E-state index in [1.54, 1.807) is 6.92 Å². The van der Waals surface area contributed by atoms with Gasteiger partial charge in [0.25, 0.3) is 0 Å². The zero-order valence-electron chi connectivity index (χ0n) is 11.6. The molecule has 0 aliphatic heterocycles. The lowest BCUT2D eigenvalue weighted by atomic mass is 10.0. The summed E-state index contributed by atoms with van der Waals surface area (Å²) in [6.45, 7) is 4.25. The fraction of sp³-hybridized carbons (Fsp3) is 0.500. The maximum absolute atomic E-state index is 13.8. The van der Waals surface area contributed by atoms with E-state index in [9.17, 15) is 8.78 Å². The fourth-order valence-corrected chi connectivity index (χ4v) is 2.52. The van der Waals surface area contributed by atoms with Crippen molar-refractivity contribution in [3.63, 3.8) is 0 Å². The van der Waals surface area contributed by atoms with Crippen molar-refractivity contribution in [1.29, 1.82) is 0 Å². The zero-order chi connectivity index (χ0) is 13.8. The minimum Gasteiger partial charge on any atom is -0.310 e. The van der Waals surface area contributed by atoms with Gasteiger partial charge in [-0.3, -0.25) is 0 Å². The molecule has 0 radical (unpaired) electrons. The van der Waals surface area contributed by atoms with Gasteiger partial charge in [0.05, 0.1) is 0 Å². The van der Waals surface area contributed by atoms with E-state index in [0.717, 1.165) is 13.0 Å². The molecule has 1 nitrogen and oxygen atoms in total. The Bertz CT molecular complexity index is 480. The predicted molar refractivity (Wildman–Crippen MR) is 74.1 cm³/mol. The Morgan fingerprint density at radius 2 is 2.05 bits per heavy atom. The Hall–Kier alpha value is -1.22. The summed E-state index contributed by atoms with van der Waals surface area (Å²) in [6, 6.07) is 2.40. The van der Waals surface area contributed by atoms with E-state index in [0.29, 0.717) is 11.1 Å². The molecule has 0 saturated carbocycles. The summed E-state index contributed by atoms with van der Waals surface area (Å²) in [5, 5.41) is 3.27. The Labute approximate surface area is 113 Å². The number of rotatable bonds is 5.